The van der Waals surface area contributed by atoms with Crippen LogP contribution in [0.1, 0.15) is 32.8 Å². The second kappa shape index (κ2) is 9.40. The lowest BCUT2D eigenvalue weighted by Crippen LogP contribution is -2.34. The number of pyridine rings is 1. The van der Waals surface area contributed by atoms with Crippen LogP contribution >= 0.6 is 0 Å². The fourth-order valence-electron chi connectivity index (χ4n) is 3.93. The first-order valence-electron chi connectivity index (χ1n) is 11.6. The predicted molar refractivity (Wildman–Crippen MR) is 141 cm³/mol. The molecular formula is C26H33N7O2. The molecule has 0 saturated heterocycles. The van der Waals surface area contributed by atoms with Crippen molar-refractivity contribution in [1.82, 2.24) is 19.9 Å². The zero-order valence-electron chi connectivity index (χ0n) is 21.5. The molecule has 1 aromatic carbocycles. The summed E-state index contributed by atoms with van der Waals surface area (Å²) in [6, 6.07) is 7.99. The van der Waals surface area contributed by atoms with Gasteiger partial charge in [-0.2, -0.15) is 4.98 Å². The molecule has 1 amide bonds. The molecule has 0 spiro atoms. The molecule has 0 bridgehead atoms. The first-order valence-corrected chi connectivity index (χ1v) is 11.6. The van der Waals surface area contributed by atoms with Crippen molar-refractivity contribution in [3.05, 3.63) is 48.3 Å². The van der Waals surface area contributed by atoms with E-state index < -0.39 is 5.60 Å². The van der Waals surface area contributed by atoms with Crippen LogP contribution in [0, 0.1) is 0 Å². The summed E-state index contributed by atoms with van der Waals surface area (Å²) in [4.78, 5) is 31.9. The van der Waals surface area contributed by atoms with Gasteiger partial charge in [0.15, 0.2) is 0 Å². The van der Waals surface area contributed by atoms with Crippen LogP contribution in [-0.4, -0.2) is 66.3 Å². The highest BCUT2D eigenvalue weighted by molar-refractivity contribution is 5.98. The molecule has 4 rings (SSSR count). The third-order valence-corrected chi connectivity index (χ3v) is 5.49. The van der Waals surface area contributed by atoms with Gasteiger partial charge in [0.1, 0.15) is 17.2 Å². The maximum absolute atomic E-state index is 12.9. The van der Waals surface area contributed by atoms with Crippen molar-refractivity contribution in [2.24, 2.45) is 0 Å². The van der Waals surface area contributed by atoms with E-state index in [0.717, 1.165) is 34.1 Å². The number of benzene rings is 1. The Morgan fingerprint density at radius 1 is 1.06 bits per heavy atom. The standard InChI is InChI=1S/C26H33N7O2/c1-26(2,3)35-25(34)33-12-8-9-20(33)18-13-17-15-23(28-16-19(17)21(14-18)31(4)5)29-22-10-11-27-24(30-22)32(6)7/h9-11,13-16H,8,12H2,1-7H3,(H,27,28,29,30). The molecule has 0 atom stereocenters. The number of ether oxygens (including phenoxy) is 1. The largest absolute Gasteiger partial charge is 0.443 e. The number of amides is 1. The lowest BCUT2D eigenvalue weighted by molar-refractivity contribution is 0.0365. The Balaban J connectivity index is 1.71. The van der Waals surface area contributed by atoms with Crippen molar-refractivity contribution in [2.75, 3.05) is 49.9 Å². The smallest absolute Gasteiger partial charge is 0.414 e. The molecule has 9 heteroatoms. The summed E-state index contributed by atoms with van der Waals surface area (Å²) >= 11 is 0. The molecule has 2 aromatic heterocycles. The monoisotopic (exact) mass is 475 g/mol. The van der Waals surface area contributed by atoms with E-state index >= 15 is 0 Å². The third kappa shape index (κ3) is 5.45. The fourth-order valence-corrected chi connectivity index (χ4v) is 3.93. The van der Waals surface area contributed by atoms with Gasteiger partial charge in [0.25, 0.3) is 0 Å². The number of carbonyl (C=O) groups excluding carboxylic acids is 1. The van der Waals surface area contributed by atoms with Crippen molar-refractivity contribution in [3.8, 4) is 0 Å². The zero-order chi connectivity index (χ0) is 25.3. The van der Waals surface area contributed by atoms with Crippen molar-refractivity contribution in [3.63, 3.8) is 0 Å². The maximum atomic E-state index is 12.9. The SMILES string of the molecule is CN(C)c1nccc(Nc2cc3cc(C4=CCCN4C(=O)OC(C)(C)C)cc(N(C)C)c3cn2)n1. The number of anilines is 4. The molecule has 0 radical (unpaired) electrons. The molecule has 3 heterocycles. The van der Waals surface area contributed by atoms with Gasteiger partial charge in [0, 0.05) is 63.8 Å². The van der Waals surface area contributed by atoms with Crippen LogP contribution in [0.15, 0.2) is 42.7 Å². The summed E-state index contributed by atoms with van der Waals surface area (Å²) in [6.45, 7) is 6.24. The van der Waals surface area contributed by atoms with E-state index in [2.05, 4.69) is 43.4 Å². The van der Waals surface area contributed by atoms with Gasteiger partial charge < -0.3 is 19.9 Å². The first-order chi connectivity index (χ1) is 16.5. The highest BCUT2D eigenvalue weighted by Gasteiger charge is 2.28. The van der Waals surface area contributed by atoms with Gasteiger partial charge >= 0.3 is 6.09 Å². The van der Waals surface area contributed by atoms with Crippen molar-refractivity contribution in [1.29, 1.82) is 0 Å². The molecule has 184 valence electrons. The van der Waals surface area contributed by atoms with E-state index in [0.29, 0.717) is 24.1 Å². The van der Waals surface area contributed by atoms with Crippen LogP contribution < -0.4 is 15.1 Å². The van der Waals surface area contributed by atoms with Crippen LogP contribution in [0.25, 0.3) is 16.5 Å². The summed E-state index contributed by atoms with van der Waals surface area (Å²) < 4.78 is 5.65. The molecule has 0 fully saturated rings. The number of hydrogen-bond donors (Lipinski definition) is 1. The molecule has 3 aromatic rings. The summed E-state index contributed by atoms with van der Waals surface area (Å²) in [7, 11) is 7.80. The number of hydrogen-bond acceptors (Lipinski definition) is 8. The second-order valence-electron chi connectivity index (χ2n) is 9.95. The molecule has 0 unspecified atom stereocenters. The van der Waals surface area contributed by atoms with Crippen LogP contribution in [0.2, 0.25) is 0 Å². The van der Waals surface area contributed by atoms with E-state index in [9.17, 15) is 4.79 Å². The lowest BCUT2D eigenvalue weighted by atomic mass is 10.0. The number of nitrogens with zero attached hydrogens (tertiary/aromatic N) is 6. The minimum absolute atomic E-state index is 0.328. The Morgan fingerprint density at radius 2 is 1.83 bits per heavy atom. The van der Waals surface area contributed by atoms with E-state index in [1.165, 1.54) is 0 Å². The van der Waals surface area contributed by atoms with Gasteiger partial charge in [-0.15, -0.1) is 0 Å². The second-order valence-corrected chi connectivity index (χ2v) is 9.95. The Bertz CT molecular complexity index is 1280. The van der Waals surface area contributed by atoms with E-state index in [-0.39, 0.29) is 6.09 Å². The van der Waals surface area contributed by atoms with Crippen molar-refractivity contribution in [2.45, 2.75) is 32.8 Å². The van der Waals surface area contributed by atoms with E-state index in [1.54, 1.807) is 11.1 Å². The summed E-state index contributed by atoms with van der Waals surface area (Å²) in [5.74, 6) is 1.95. The number of aromatic nitrogens is 3. The summed E-state index contributed by atoms with van der Waals surface area (Å²) in [5.41, 5.74) is 2.29. The number of carbonyl (C=O) groups is 1. The normalized spacial score (nSPS) is 13.6. The van der Waals surface area contributed by atoms with Crippen LogP contribution in [0.3, 0.4) is 0 Å². The van der Waals surface area contributed by atoms with E-state index in [4.69, 9.17) is 4.74 Å². The van der Waals surface area contributed by atoms with Crippen LogP contribution in [0.4, 0.5) is 28.1 Å². The van der Waals surface area contributed by atoms with Crippen LogP contribution in [0.5, 0.6) is 0 Å². The Labute approximate surface area is 206 Å². The predicted octanol–water partition coefficient (Wildman–Crippen LogP) is 4.88. The average molecular weight is 476 g/mol. The quantitative estimate of drug-likeness (QED) is 0.559. The van der Waals surface area contributed by atoms with Crippen molar-refractivity contribution < 1.29 is 9.53 Å². The highest BCUT2D eigenvalue weighted by Crippen LogP contribution is 2.35. The number of rotatable bonds is 5. The molecule has 35 heavy (non-hydrogen) atoms. The summed E-state index contributed by atoms with van der Waals surface area (Å²) in [6.07, 6.45) is 6.12. The Kier molecular flexibility index (Phi) is 6.51. The van der Waals surface area contributed by atoms with Gasteiger partial charge in [0.2, 0.25) is 5.95 Å². The molecule has 1 aliphatic rings. The van der Waals surface area contributed by atoms with Crippen molar-refractivity contribution >= 4 is 45.8 Å². The number of nitrogens with one attached hydrogen (secondary N) is 1. The molecule has 1 aliphatic heterocycles. The minimum atomic E-state index is -0.553. The van der Waals surface area contributed by atoms with E-state index in [1.807, 2.05) is 72.2 Å². The van der Waals surface area contributed by atoms with Gasteiger partial charge in [-0.3, -0.25) is 4.90 Å². The molecular weight excluding hydrogens is 442 g/mol. The van der Waals surface area contributed by atoms with Gasteiger partial charge in [-0.05, 0) is 56.8 Å². The average Bonchev–Trinajstić information content (AvgIpc) is 3.27. The maximum Gasteiger partial charge on any atom is 0.414 e. The van der Waals surface area contributed by atoms with Crippen LogP contribution in [-0.2, 0) is 4.74 Å². The zero-order valence-corrected chi connectivity index (χ0v) is 21.5. The molecule has 0 saturated carbocycles. The topological polar surface area (TPSA) is 86.7 Å². The Hall–Kier alpha value is -3.88. The molecule has 0 aliphatic carbocycles. The summed E-state index contributed by atoms with van der Waals surface area (Å²) in [5, 5.41) is 5.30. The lowest BCUT2D eigenvalue weighted by Gasteiger charge is -2.27. The fraction of sp³-hybridized carbons (Fsp3) is 0.385. The van der Waals surface area contributed by atoms with Gasteiger partial charge in [-0.25, -0.2) is 14.8 Å². The number of fused-ring (bicyclic) bond motifs is 1. The van der Waals surface area contributed by atoms with Gasteiger partial charge in [-0.1, -0.05) is 6.08 Å². The minimum Gasteiger partial charge on any atom is -0.443 e. The first kappa shape index (κ1) is 24.3. The third-order valence-electron chi connectivity index (χ3n) is 5.49. The molecule has 1 N–H and O–H groups in total. The van der Waals surface area contributed by atoms with Gasteiger partial charge in [0.05, 0.1) is 5.70 Å². The molecule has 9 nitrogen and oxygen atoms in total. The highest BCUT2D eigenvalue weighted by atomic mass is 16.6. The Morgan fingerprint density at radius 3 is 2.51 bits per heavy atom.